The molecule has 0 amide bonds. The third kappa shape index (κ3) is 4.29. The highest BCUT2D eigenvalue weighted by molar-refractivity contribution is 5.84. The van der Waals surface area contributed by atoms with E-state index in [9.17, 15) is 31.4 Å². The number of fused-ring (bicyclic) bond motifs is 1. The van der Waals surface area contributed by atoms with Crippen LogP contribution in [0.5, 0.6) is 5.88 Å². The minimum atomic E-state index is -4.52. The lowest BCUT2D eigenvalue weighted by Crippen LogP contribution is -2.24. The summed E-state index contributed by atoms with van der Waals surface area (Å²) in [6, 6.07) is 3.48. The number of halogens is 6. The molecule has 3 aromatic rings. The minimum absolute atomic E-state index is 0.0239. The van der Waals surface area contributed by atoms with Crippen molar-refractivity contribution in [3.63, 3.8) is 0 Å². The summed E-state index contributed by atoms with van der Waals surface area (Å²) in [4.78, 5) is 8.19. The first-order chi connectivity index (χ1) is 14.5. The highest BCUT2D eigenvalue weighted by Crippen LogP contribution is 2.37. The standard InChI is InChI=1S/C19H18F6N4O2/c1-8(10-4-6-11(7-5-10)19(23,24)25)29-17-12(18(31-3)27-9(2)26-17)14(28-29)13(20)15(30)16(21)22/h4-8,13,15-16,30H,1-3H3. The summed E-state index contributed by atoms with van der Waals surface area (Å²) in [6.45, 7) is 3.09. The number of aromatic nitrogens is 4. The summed E-state index contributed by atoms with van der Waals surface area (Å²) < 4.78 is 85.4. The molecular weight excluding hydrogens is 430 g/mol. The van der Waals surface area contributed by atoms with Gasteiger partial charge in [0, 0.05) is 0 Å². The molecule has 1 aromatic carbocycles. The Bertz CT molecular complexity index is 1070. The first-order valence-corrected chi connectivity index (χ1v) is 9.03. The molecule has 1 N–H and O–H groups in total. The summed E-state index contributed by atoms with van der Waals surface area (Å²) in [5.41, 5.74) is -1.00. The van der Waals surface area contributed by atoms with E-state index >= 15 is 0 Å². The Morgan fingerprint density at radius 2 is 1.68 bits per heavy atom. The quantitative estimate of drug-likeness (QED) is 0.566. The molecule has 3 unspecified atom stereocenters. The van der Waals surface area contributed by atoms with Crippen LogP contribution < -0.4 is 4.74 Å². The zero-order valence-electron chi connectivity index (χ0n) is 16.5. The second kappa shape index (κ2) is 8.33. The van der Waals surface area contributed by atoms with Gasteiger partial charge in [-0.1, -0.05) is 12.1 Å². The van der Waals surface area contributed by atoms with E-state index in [0.29, 0.717) is 5.56 Å². The van der Waals surface area contributed by atoms with Crippen LogP contribution in [0.4, 0.5) is 26.3 Å². The average Bonchev–Trinajstić information content (AvgIpc) is 3.10. The number of nitrogens with zero attached hydrogens (tertiary/aromatic N) is 4. The second-order valence-electron chi connectivity index (χ2n) is 6.83. The Kier molecular flexibility index (Phi) is 6.12. The van der Waals surface area contributed by atoms with Crippen molar-refractivity contribution in [3.8, 4) is 5.88 Å². The van der Waals surface area contributed by atoms with Crippen LogP contribution in [-0.4, -0.2) is 44.5 Å². The van der Waals surface area contributed by atoms with Gasteiger partial charge < -0.3 is 9.84 Å². The van der Waals surface area contributed by atoms with Gasteiger partial charge in [-0.2, -0.15) is 23.3 Å². The van der Waals surface area contributed by atoms with Crippen LogP contribution in [0.3, 0.4) is 0 Å². The second-order valence-corrected chi connectivity index (χ2v) is 6.83. The summed E-state index contributed by atoms with van der Waals surface area (Å²) in [7, 11) is 1.23. The molecule has 31 heavy (non-hydrogen) atoms. The normalized spacial score (nSPS) is 15.3. The van der Waals surface area contributed by atoms with E-state index in [1.165, 1.54) is 30.8 Å². The largest absolute Gasteiger partial charge is 0.480 e. The topological polar surface area (TPSA) is 73.1 Å². The van der Waals surface area contributed by atoms with Gasteiger partial charge in [-0.05, 0) is 31.5 Å². The molecule has 2 heterocycles. The maximum Gasteiger partial charge on any atom is 0.416 e. The SMILES string of the molecule is COc1nc(C)nc2c1c(C(F)C(O)C(F)F)nn2C(C)c1ccc(C(F)(F)F)cc1. The van der Waals surface area contributed by atoms with Crippen molar-refractivity contribution in [2.75, 3.05) is 7.11 Å². The van der Waals surface area contributed by atoms with Crippen molar-refractivity contribution in [1.82, 2.24) is 19.7 Å². The molecule has 0 bridgehead atoms. The number of ether oxygens (including phenoxy) is 1. The van der Waals surface area contributed by atoms with E-state index in [1.807, 2.05) is 0 Å². The number of hydrogen-bond acceptors (Lipinski definition) is 5. The fourth-order valence-electron chi connectivity index (χ4n) is 3.13. The molecule has 0 radical (unpaired) electrons. The number of aliphatic hydroxyl groups excluding tert-OH is 1. The molecule has 6 nitrogen and oxygen atoms in total. The van der Waals surface area contributed by atoms with E-state index in [0.717, 1.165) is 12.1 Å². The molecule has 12 heteroatoms. The number of methoxy groups -OCH3 is 1. The molecule has 168 valence electrons. The third-order valence-electron chi connectivity index (χ3n) is 4.76. The Balaban J connectivity index is 2.17. The molecule has 3 atom stereocenters. The number of hydrogen-bond donors (Lipinski definition) is 1. The average molecular weight is 448 g/mol. The minimum Gasteiger partial charge on any atom is -0.480 e. The molecule has 0 fully saturated rings. The monoisotopic (exact) mass is 448 g/mol. The fourth-order valence-corrected chi connectivity index (χ4v) is 3.13. The Labute approximate surface area is 172 Å². The molecular formula is C19H18F6N4O2. The van der Waals surface area contributed by atoms with E-state index in [-0.39, 0.29) is 22.7 Å². The van der Waals surface area contributed by atoms with E-state index < -0.39 is 42.2 Å². The number of rotatable bonds is 6. The predicted molar refractivity (Wildman–Crippen MR) is 97.7 cm³/mol. The molecule has 3 rings (SSSR count). The van der Waals surface area contributed by atoms with Gasteiger partial charge in [0.25, 0.3) is 6.43 Å². The highest BCUT2D eigenvalue weighted by Gasteiger charge is 2.35. The van der Waals surface area contributed by atoms with Crippen molar-refractivity contribution in [1.29, 1.82) is 0 Å². The lowest BCUT2D eigenvalue weighted by molar-refractivity contribution is -0.137. The van der Waals surface area contributed by atoms with E-state index in [2.05, 4.69) is 15.1 Å². The zero-order chi connectivity index (χ0) is 23.1. The van der Waals surface area contributed by atoms with Gasteiger partial charge >= 0.3 is 6.18 Å². The molecule has 0 saturated carbocycles. The predicted octanol–water partition coefficient (Wildman–Crippen LogP) is 4.41. The number of alkyl halides is 6. The lowest BCUT2D eigenvalue weighted by atomic mass is 10.1. The smallest absolute Gasteiger partial charge is 0.416 e. The van der Waals surface area contributed by atoms with E-state index in [4.69, 9.17) is 4.74 Å². The van der Waals surface area contributed by atoms with Crippen molar-refractivity contribution in [2.45, 2.75) is 44.8 Å². The van der Waals surface area contributed by atoms with Gasteiger partial charge in [-0.25, -0.2) is 22.8 Å². The summed E-state index contributed by atoms with van der Waals surface area (Å²) in [6.07, 6.45) is -13.1. The first-order valence-electron chi connectivity index (χ1n) is 9.03. The summed E-state index contributed by atoms with van der Waals surface area (Å²) in [5.74, 6) is 0.0778. The number of benzene rings is 1. The van der Waals surface area contributed by atoms with Crippen LogP contribution in [0.2, 0.25) is 0 Å². The maximum atomic E-state index is 14.7. The zero-order valence-corrected chi connectivity index (χ0v) is 16.5. The molecule has 0 aliphatic carbocycles. The summed E-state index contributed by atoms with van der Waals surface area (Å²) in [5, 5.41) is 13.5. The van der Waals surface area contributed by atoms with Crippen LogP contribution >= 0.6 is 0 Å². The molecule has 2 aromatic heterocycles. The highest BCUT2D eigenvalue weighted by atomic mass is 19.4. The third-order valence-corrected chi connectivity index (χ3v) is 4.76. The van der Waals surface area contributed by atoms with Gasteiger partial charge in [0.05, 0.1) is 18.7 Å². The van der Waals surface area contributed by atoms with Crippen molar-refractivity contribution >= 4 is 11.0 Å². The Hall–Kier alpha value is -2.89. The number of aliphatic hydroxyl groups is 1. The first kappa shape index (κ1) is 22.8. The van der Waals surface area contributed by atoms with Gasteiger partial charge in [0.1, 0.15) is 16.9 Å². The van der Waals surface area contributed by atoms with E-state index in [1.54, 1.807) is 6.92 Å². The molecule has 0 aliphatic rings. The van der Waals surface area contributed by atoms with Crippen LogP contribution in [0.1, 0.15) is 41.8 Å². The van der Waals surface area contributed by atoms with Crippen molar-refractivity contribution < 1.29 is 36.2 Å². The van der Waals surface area contributed by atoms with Crippen molar-refractivity contribution in [3.05, 3.63) is 46.9 Å². The van der Waals surface area contributed by atoms with Crippen molar-refractivity contribution in [2.24, 2.45) is 0 Å². The Morgan fingerprint density at radius 1 is 1.06 bits per heavy atom. The van der Waals surface area contributed by atoms with Crippen LogP contribution in [0, 0.1) is 6.92 Å². The van der Waals surface area contributed by atoms with Gasteiger partial charge in [-0.15, -0.1) is 0 Å². The van der Waals surface area contributed by atoms with Crippen LogP contribution in [0.25, 0.3) is 11.0 Å². The van der Waals surface area contributed by atoms with Gasteiger partial charge in [0.2, 0.25) is 5.88 Å². The molecule has 0 saturated heterocycles. The fraction of sp³-hybridized carbons (Fsp3) is 0.421. The molecule has 0 spiro atoms. The lowest BCUT2D eigenvalue weighted by Gasteiger charge is -2.15. The maximum absolute atomic E-state index is 14.7. The van der Waals surface area contributed by atoms with Crippen LogP contribution in [-0.2, 0) is 6.18 Å². The summed E-state index contributed by atoms with van der Waals surface area (Å²) >= 11 is 0. The van der Waals surface area contributed by atoms with Gasteiger partial charge in [0.15, 0.2) is 17.9 Å². The molecule has 0 aliphatic heterocycles. The Morgan fingerprint density at radius 3 is 2.19 bits per heavy atom. The van der Waals surface area contributed by atoms with Gasteiger partial charge in [-0.3, -0.25) is 0 Å². The number of aryl methyl sites for hydroxylation is 1. The van der Waals surface area contributed by atoms with Crippen LogP contribution in [0.15, 0.2) is 24.3 Å².